The van der Waals surface area contributed by atoms with Crippen molar-refractivity contribution in [3.8, 4) is 0 Å². The Balaban J connectivity index is 1.99. The molecule has 0 saturated carbocycles. The molecule has 0 amide bonds. The zero-order valence-corrected chi connectivity index (χ0v) is 15.3. The molecular formula is C24H20O3. The average molecular weight is 356 g/mol. The lowest BCUT2D eigenvalue weighted by molar-refractivity contribution is -0.178. The SMILES string of the molecule is Cc1ccc(C2=C(c3ccccc3)C(=O)OC2(O)c2ccc(C)cc2)cc1. The van der Waals surface area contributed by atoms with Gasteiger partial charge in [-0.25, -0.2) is 4.79 Å². The maximum atomic E-state index is 12.8. The van der Waals surface area contributed by atoms with Crippen molar-refractivity contribution in [1.29, 1.82) is 0 Å². The summed E-state index contributed by atoms with van der Waals surface area (Å²) in [6.07, 6.45) is 0. The lowest BCUT2D eigenvalue weighted by Crippen LogP contribution is -2.28. The normalized spacial score (nSPS) is 19.3. The van der Waals surface area contributed by atoms with Gasteiger partial charge in [-0.15, -0.1) is 0 Å². The van der Waals surface area contributed by atoms with Crippen molar-refractivity contribution in [3.63, 3.8) is 0 Å². The molecule has 0 aromatic heterocycles. The van der Waals surface area contributed by atoms with Crippen molar-refractivity contribution in [1.82, 2.24) is 0 Å². The Morgan fingerprint density at radius 2 is 1.30 bits per heavy atom. The number of esters is 1. The molecule has 0 aliphatic carbocycles. The first-order chi connectivity index (χ1) is 13.0. The third-order valence-corrected chi connectivity index (χ3v) is 4.88. The first-order valence-corrected chi connectivity index (χ1v) is 8.89. The summed E-state index contributed by atoms with van der Waals surface area (Å²) < 4.78 is 5.58. The van der Waals surface area contributed by atoms with E-state index in [0.717, 1.165) is 22.3 Å². The van der Waals surface area contributed by atoms with E-state index in [0.29, 0.717) is 16.7 Å². The minimum Gasteiger partial charge on any atom is -0.421 e. The van der Waals surface area contributed by atoms with Crippen LogP contribution < -0.4 is 0 Å². The summed E-state index contributed by atoms with van der Waals surface area (Å²) in [6.45, 7) is 3.97. The fraction of sp³-hybridized carbons (Fsp3) is 0.125. The van der Waals surface area contributed by atoms with Crippen LogP contribution in [0.25, 0.3) is 11.1 Å². The Kier molecular flexibility index (Phi) is 4.17. The number of ether oxygens (including phenoxy) is 1. The van der Waals surface area contributed by atoms with E-state index in [4.69, 9.17) is 4.74 Å². The van der Waals surface area contributed by atoms with Crippen LogP contribution in [0.4, 0.5) is 0 Å². The van der Waals surface area contributed by atoms with Gasteiger partial charge in [0.25, 0.3) is 5.79 Å². The molecule has 1 aliphatic heterocycles. The van der Waals surface area contributed by atoms with Crippen LogP contribution in [-0.2, 0) is 15.3 Å². The summed E-state index contributed by atoms with van der Waals surface area (Å²) >= 11 is 0. The minimum atomic E-state index is -1.83. The van der Waals surface area contributed by atoms with E-state index in [9.17, 15) is 9.90 Å². The van der Waals surface area contributed by atoms with Gasteiger partial charge >= 0.3 is 5.97 Å². The maximum Gasteiger partial charge on any atom is 0.342 e. The molecule has 3 nitrogen and oxygen atoms in total. The predicted molar refractivity (Wildman–Crippen MR) is 106 cm³/mol. The van der Waals surface area contributed by atoms with E-state index in [1.165, 1.54) is 0 Å². The number of carbonyl (C=O) groups is 1. The summed E-state index contributed by atoms with van der Waals surface area (Å²) in [7, 11) is 0. The molecular weight excluding hydrogens is 336 g/mol. The standard InChI is InChI=1S/C24H20O3/c1-16-8-12-19(13-9-16)22-21(18-6-4-3-5-7-18)23(25)27-24(22,26)20-14-10-17(2)11-15-20/h3-15,26H,1-2H3. The third kappa shape index (κ3) is 2.96. The van der Waals surface area contributed by atoms with Gasteiger partial charge in [0.1, 0.15) is 0 Å². The second-order valence-corrected chi connectivity index (χ2v) is 6.88. The first kappa shape index (κ1) is 17.3. The Morgan fingerprint density at radius 1 is 0.741 bits per heavy atom. The lowest BCUT2D eigenvalue weighted by atomic mass is 9.87. The Hall–Kier alpha value is -3.17. The fourth-order valence-electron chi connectivity index (χ4n) is 3.42. The summed E-state index contributed by atoms with van der Waals surface area (Å²) in [5, 5.41) is 11.5. The van der Waals surface area contributed by atoms with Crippen molar-refractivity contribution < 1.29 is 14.6 Å². The molecule has 0 spiro atoms. The van der Waals surface area contributed by atoms with E-state index in [2.05, 4.69) is 0 Å². The third-order valence-electron chi connectivity index (χ3n) is 4.88. The van der Waals surface area contributed by atoms with Gasteiger partial charge in [0.05, 0.1) is 11.1 Å². The van der Waals surface area contributed by atoms with Crippen LogP contribution >= 0.6 is 0 Å². The first-order valence-electron chi connectivity index (χ1n) is 8.89. The Labute approximate surface area is 158 Å². The van der Waals surface area contributed by atoms with E-state index in [-0.39, 0.29) is 0 Å². The highest BCUT2D eigenvalue weighted by atomic mass is 16.7. The van der Waals surface area contributed by atoms with Crippen molar-refractivity contribution in [3.05, 3.63) is 107 Å². The summed E-state index contributed by atoms with van der Waals surface area (Å²) in [5.41, 5.74) is 5.04. The van der Waals surface area contributed by atoms with Gasteiger partial charge in [0.15, 0.2) is 0 Å². The summed E-state index contributed by atoms with van der Waals surface area (Å²) in [5.74, 6) is -2.36. The molecule has 3 heteroatoms. The van der Waals surface area contributed by atoms with E-state index in [1.807, 2.05) is 80.6 Å². The van der Waals surface area contributed by atoms with E-state index >= 15 is 0 Å². The van der Waals surface area contributed by atoms with Crippen LogP contribution in [0.5, 0.6) is 0 Å². The molecule has 0 radical (unpaired) electrons. The molecule has 0 fully saturated rings. The predicted octanol–water partition coefficient (Wildman–Crippen LogP) is 4.62. The molecule has 1 atom stereocenters. The Bertz CT molecular complexity index is 1020. The highest BCUT2D eigenvalue weighted by Crippen LogP contribution is 2.48. The molecule has 1 N–H and O–H groups in total. The van der Waals surface area contributed by atoms with Crippen LogP contribution in [0, 0.1) is 13.8 Å². The minimum absolute atomic E-state index is 0.391. The molecule has 4 rings (SSSR count). The van der Waals surface area contributed by atoms with Gasteiger partial charge in [-0.1, -0.05) is 90.0 Å². The number of cyclic esters (lactones) is 1. The topological polar surface area (TPSA) is 46.5 Å². The van der Waals surface area contributed by atoms with Crippen LogP contribution in [0.2, 0.25) is 0 Å². The van der Waals surface area contributed by atoms with Gasteiger partial charge in [-0.05, 0) is 25.0 Å². The van der Waals surface area contributed by atoms with Crippen LogP contribution in [0.15, 0.2) is 78.9 Å². The molecule has 1 heterocycles. The molecule has 3 aromatic carbocycles. The van der Waals surface area contributed by atoms with Crippen molar-refractivity contribution in [2.45, 2.75) is 19.6 Å². The molecule has 0 bridgehead atoms. The largest absolute Gasteiger partial charge is 0.421 e. The Morgan fingerprint density at radius 3 is 1.89 bits per heavy atom. The highest BCUT2D eigenvalue weighted by molar-refractivity contribution is 6.28. The number of rotatable bonds is 3. The molecule has 27 heavy (non-hydrogen) atoms. The number of aryl methyl sites for hydroxylation is 2. The summed E-state index contributed by atoms with van der Waals surface area (Å²) in [6, 6.07) is 24.5. The zero-order chi connectivity index (χ0) is 19.0. The van der Waals surface area contributed by atoms with Gasteiger partial charge < -0.3 is 9.84 Å². The lowest BCUT2D eigenvalue weighted by Gasteiger charge is -2.26. The smallest absolute Gasteiger partial charge is 0.342 e. The second kappa shape index (κ2) is 6.53. The molecule has 1 aliphatic rings. The number of carbonyl (C=O) groups excluding carboxylic acids is 1. The summed E-state index contributed by atoms with van der Waals surface area (Å²) in [4.78, 5) is 12.8. The fourth-order valence-corrected chi connectivity index (χ4v) is 3.42. The van der Waals surface area contributed by atoms with Gasteiger partial charge in [0, 0.05) is 5.56 Å². The van der Waals surface area contributed by atoms with E-state index in [1.54, 1.807) is 12.1 Å². The molecule has 0 saturated heterocycles. The molecule has 134 valence electrons. The number of hydrogen-bond donors (Lipinski definition) is 1. The monoisotopic (exact) mass is 356 g/mol. The molecule has 3 aromatic rings. The maximum absolute atomic E-state index is 12.8. The van der Waals surface area contributed by atoms with Crippen LogP contribution in [0.1, 0.15) is 27.8 Å². The highest BCUT2D eigenvalue weighted by Gasteiger charge is 2.48. The zero-order valence-electron chi connectivity index (χ0n) is 15.3. The van der Waals surface area contributed by atoms with Crippen molar-refractivity contribution in [2.75, 3.05) is 0 Å². The van der Waals surface area contributed by atoms with Gasteiger partial charge in [-0.3, -0.25) is 0 Å². The average Bonchev–Trinajstić information content (AvgIpc) is 2.95. The molecule has 1 unspecified atom stereocenters. The quantitative estimate of drug-likeness (QED) is 0.697. The number of hydrogen-bond acceptors (Lipinski definition) is 3. The van der Waals surface area contributed by atoms with Crippen LogP contribution in [0.3, 0.4) is 0 Å². The van der Waals surface area contributed by atoms with Gasteiger partial charge in [0.2, 0.25) is 0 Å². The van der Waals surface area contributed by atoms with Crippen LogP contribution in [-0.4, -0.2) is 11.1 Å². The van der Waals surface area contributed by atoms with E-state index < -0.39 is 11.8 Å². The van der Waals surface area contributed by atoms with Crippen molar-refractivity contribution >= 4 is 17.1 Å². The van der Waals surface area contributed by atoms with Crippen molar-refractivity contribution in [2.24, 2.45) is 0 Å². The van der Waals surface area contributed by atoms with Gasteiger partial charge in [-0.2, -0.15) is 0 Å². The number of aliphatic hydroxyl groups is 1. The second-order valence-electron chi connectivity index (χ2n) is 6.88. The number of benzene rings is 3.